The second kappa shape index (κ2) is 5.73. The molecule has 22 heavy (non-hydrogen) atoms. The summed E-state index contributed by atoms with van der Waals surface area (Å²) in [6.07, 6.45) is 6.77. The van der Waals surface area contributed by atoms with Crippen LogP contribution in [0.15, 0.2) is 54.9 Å². The number of fused-ring (bicyclic) bond motifs is 1. The zero-order chi connectivity index (χ0) is 15.5. The Bertz CT molecular complexity index is 865. The Labute approximate surface area is 127 Å². The fourth-order valence-corrected chi connectivity index (χ4v) is 2.16. The van der Waals surface area contributed by atoms with Gasteiger partial charge in [-0.25, -0.2) is 4.98 Å². The fourth-order valence-electron chi connectivity index (χ4n) is 2.16. The smallest absolute Gasteiger partial charge is 0.186 e. The molecule has 0 unspecified atom stereocenters. The van der Waals surface area contributed by atoms with Crippen LogP contribution in [-0.2, 0) is 0 Å². The van der Waals surface area contributed by atoms with E-state index in [0.717, 1.165) is 11.3 Å². The largest absolute Gasteiger partial charge is 0.504 e. The van der Waals surface area contributed by atoms with Crippen LogP contribution in [-0.4, -0.2) is 27.4 Å². The van der Waals surface area contributed by atoms with Gasteiger partial charge >= 0.3 is 0 Å². The predicted molar refractivity (Wildman–Crippen MR) is 83.2 cm³/mol. The van der Waals surface area contributed by atoms with E-state index in [0.29, 0.717) is 5.56 Å². The van der Waals surface area contributed by atoms with E-state index < -0.39 is 0 Å². The number of ketones is 1. The van der Waals surface area contributed by atoms with Gasteiger partial charge in [0.2, 0.25) is 0 Å². The fraction of sp³-hybridized carbons (Fsp3) is 0.0588. The van der Waals surface area contributed by atoms with Crippen LogP contribution < -0.4 is 4.74 Å². The number of rotatable bonds is 4. The number of nitrogens with zero attached hydrogens (tertiary/aromatic N) is 2. The number of carbonyl (C=O) groups is 1. The zero-order valence-electron chi connectivity index (χ0n) is 11.9. The number of hydrogen-bond acceptors (Lipinski definition) is 4. The lowest BCUT2D eigenvalue weighted by Gasteiger charge is -2.04. The molecule has 0 spiro atoms. The molecule has 0 aliphatic rings. The second-order valence-corrected chi connectivity index (χ2v) is 4.70. The summed E-state index contributed by atoms with van der Waals surface area (Å²) in [7, 11) is 1.44. The number of hydrogen-bond donors (Lipinski definition) is 1. The minimum atomic E-state index is -0.177. The lowest BCUT2D eigenvalue weighted by molar-refractivity contribution is 0.104. The van der Waals surface area contributed by atoms with E-state index in [9.17, 15) is 9.90 Å². The number of aromatic nitrogens is 2. The Morgan fingerprint density at radius 3 is 3.00 bits per heavy atom. The highest BCUT2D eigenvalue weighted by molar-refractivity contribution is 6.07. The van der Waals surface area contributed by atoms with Gasteiger partial charge < -0.3 is 14.2 Å². The summed E-state index contributed by atoms with van der Waals surface area (Å²) >= 11 is 0. The van der Waals surface area contributed by atoms with Gasteiger partial charge in [-0.2, -0.15) is 0 Å². The number of imidazole rings is 1. The van der Waals surface area contributed by atoms with Gasteiger partial charge in [-0.3, -0.25) is 4.79 Å². The average molecular weight is 294 g/mol. The summed E-state index contributed by atoms with van der Waals surface area (Å²) in [6.45, 7) is 0. The molecule has 3 rings (SSSR count). The molecule has 5 nitrogen and oxygen atoms in total. The van der Waals surface area contributed by atoms with Crippen molar-refractivity contribution < 1.29 is 14.6 Å². The summed E-state index contributed by atoms with van der Waals surface area (Å²) < 4.78 is 6.89. The molecule has 5 heteroatoms. The van der Waals surface area contributed by atoms with Crippen molar-refractivity contribution in [3.8, 4) is 11.5 Å². The number of ether oxygens (including phenoxy) is 1. The van der Waals surface area contributed by atoms with Crippen molar-refractivity contribution in [3.05, 3.63) is 66.1 Å². The maximum Gasteiger partial charge on any atom is 0.186 e. The first-order valence-electron chi connectivity index (χ1n) is 6.70. The van der Waals surface area contributed by atoms with Crippen molar-refractivity contribution in [2.45, 2.75) is 0 Å². The first-order chi connectivity index (χ1) is 10.7. The number of benzene rings is 1. The number of phenolic OH excluding ortho intramolecular Hbond substituents is 1. The summed E-state index contributed by atoms with van der Waals surface area (Å²) in [6, 6.07) is 10.2. The number of allylic oxidation sites excluding steroid dienone is 1. The highest BCUT2D eigenvalue weighted by atomic mass is 16.5. The van der Waals surface area contributed by atoms with Crippen LogP contribution >= 0.6 is 0 Å². The standard InChI is InChI=1S/C17H14N2O3/c1-22-16-10-12(5-7-15(16)21)14(20)8-6-13-11-18-17-4-2-3-9-19(13)17/h2-11,21H,1H3/b8-6+. The van der Waals surface area contributed by atoms with Crippen LogP contribution in [0.2, 0.25) is 0 Å². The van der Waals surface area contributed by atoms with Gasteiger partial charge in [0.15, 0.2) is 17.3 Å². The number of pyridine rings is 1. The third kappa shape index (κ3) is 2.56. The first-order valence-corrected chi connectivity index (χ1v) is 6.70. The first kappa shape index (κ1) is 13.9. The van der Waals surface area contributed by atoms with Crippen LogP contribution in [0, 0.1) is 0 Å². The van der Waals surface area contributed by atoms with Crippen LogP contribution in [0.4, 0.5) is 0 Å². The molecule has 0 fully saturated rings. The Morgan fingerprint density at radius 1 is 1.32 bits per heavy atom. The van der Waals surface area contributed by atoms with Crippen molar-refractivity contribution >= 4 is 17.5 Å². The molecule has 110 valence electrons. The molecule has 0 radical (unpaired) electrons. The van der Waals surface area contributed by atoms with E-state index in [4.69, 9.17) is 4.74 Å². The number of aromatic hydroxyl groups is 1. The van der Waals surface area contributed by atoms with E-state index >= 15 is 0 Å². The lowest BCUT2D eigenvalue weighted by atomic mass is 10.1. The third-order valence-corrected chi connectivity index (χ3v) is 3.32. The number of methoxy groups -OCH3 is 1. The maximum atomic E-state index is 12.2. The highest BCUT2D eigenvalue weighted by Gasteiger charge is 2.07. The quantitative estimate of drug-likeness (QED) is 0.593. The van der Waals surface area contributed by atoms with E-state index in [2.05, 4.69) is 4.98 Å². The molecule has 2 aromatic heterocycles. The Balaban J connectivity index is 1.87. The molecular weight excluding hydrogens is 280 g/mol. The Hall–Kier alpha value is -3.08. The molecule has 3 aromatic rings. The van der Waals surface area contributed by atoms with Crippen LogP contribution in [0.25, 0.3) is 11.7 Å². The van der Waals surface area contributed by atoms with Crippen molar-refractivity contribution in [2.75, 3.05) is 7.11 Å². The molecule has 0 atom stereocenters. The zero-order valence-corrected chi connectivity index (χ0v) is 11.9. The van der Waals surface area contributed by atoms with Gasteiger partial charge in [0.05, 0.1) is 19.0 Å². The summed E-state index contributed by atoms with van der Waals surface area (Å²) in [5, 5.41) is 9.55. The van der Waals surface area contributed by atoms with E-state index in [1.54, 1.807) is 18.3 Å². The summed E-state index contributed by atoms with van der Waals surface area (Å²) in [5.41, 5.74) is 2.08. The molecule has 0 aliphatic heterocycles. The van der Waals surface area contributed by atoms with Gasteiger partial charge in [0.25, 0.3) is 0 Å². The SMILES string of the molecule is COc1cc(C(=O)/C=C/c2cnc3ccccn23)ccc1O. The van der Waals surface area contributed by atoms with Crippen molar-refractivity contribution in [3.63, 3.8) is 0 Å². The molecule has 0 saturated carbocycles. The summed E-state index contributed by atoms with van der Waals surface area (Å²) in [4.78, 5) is 16.5. The molecule has 0 aliphatic carbocycles. The molecular formula is C17H14N2O3. The van der Waals surface area contributed by atoms with Gasteiger partial charge in [0.1, 0.15) is 5.65 Å². The van der Waals surface area contributed by atoms with Crippen LogP contribution in [0.3, 0.4) is 0 Å². The highest BCUT2D eigenvalue weighted by Crippen LogP contribution is 2.26. The number of phenols is 1. The van der Waals surface area contributed by atoms with Gasteiger partial charge in [0, 0.05) is 11.8 Å². The van der Waals surface area contributed by atoms with Gasteiger partial charge in [-0.15, -0.1) is 0 Å². The van der Waals surface area contributed by atoms with Crippen LogP contribution in [0.1, 0.15) is 16.1 Å². The van der Waals surface area contributed by atoms with E-state index in [-0.39, 0.29) is 17.3 Å². The second-order valence-electron chi connectivity index (χ2n) is 4.70. The Kier molecular flexibility index (Phi) is 3.62. The maximum absolute atomic E-state index is 12.2. The monoisotopic (exact) mass is 294 g/mol. The minimum absolute atomic E-state index is 0.00446. The minimum Gasteiger partial charge on any atom is -0.504 e. The molecule has 2 heterocycles. The lowest BCUT2D eigenvalue weighted by Crippen LogP contribution is -1.96. The predicted octanol–water partition coefficient (Wildman–Crippen LogP) is 2.94. The molecule has 1 aromatic carbocycles. The molecule has 0 amide bonds. The number of carbonyl (C=O) groups excluding carboxylic acids is 1. The summed E-state index contributed by atoms with van der Waals surface area (Å²) in [5.74, 6) is 0.100. The topological polar surface area (TPSA) is 63.8 Å². The van der Waals surface area contributed by atoms with Gasteiger partial charge in [-0.1, -0.05) is 6.07 Å². The molecule has 1 N–H and O–H groups in total. The van der Waals surface area contributed by atoms with Crippen molar-refractivity contribution in [1.29, 1.82) is 0 Å². The third-order valence-electron chi connectivity index (χ3n) is 3.32. The van der Waals surface area contributed by atoms with E-state index in [1.807, 2.05) is 28.8 Å². The molecule has 0 bridgehead atoms. The van der Waals surface area contributed by atoms with E-state index in [1.165, 1.54) is 25.3 Å². The molecule has 0 saturated heterocycles. The normalized spacial score (nSPS) is 11.1. The average Bonchev–Trinajstić information content (AvgIpc) is 2.96. The van der Waals surface area contributed by atoms with Crippen molar-refractivity contribution in [2.24, 2.45) is 0 Å². The van der Waals surface area contributed by atoms with Crippen LogP contribution in [0.5, 0.6) is 11.5 Å². The van der Waals surface area contributed by atoms with Gasteiger partial charge in [-0.05, 0) is 42.5 Å². The Morgan fingerprint density at radius 2 is 2.18 bits per heavy atom. The van der Waals surface area contributed by atoms with Crippen molar-refractivity contribution in [1.82, 2.24) is 9.38 Å².